The molecule has 3 heteroatoms. The first-order valence-corrected chi connectivity index (χ1v) is 7.54. The molecule has 1 unspecified atom stereocenters. The highest BCUT2D eigenvalue weighted by molar-refractivity contribution is 7.12. The van der Waals surface area contributed by atoms with E-state index in [1.165, 1.54) is 9.75 Å². The van der Waals surface area contributed by atoms with E-state index in [1.54, 1.807) is 23.5 Å². The van der Waals surface area contributed by atoms with Gasteiger partial charge in [-0.2, -0.15) is 0 Å². The second kappa shape index (κ2) is 6.31. The Labute approximate surface area is 118 Å². The molecule has 0 aliphatic heterocycles. The standard InChI is InChI=1S/C16H20FNS/c1-4-14-6-7-15(19-14)16(18-5-2)12-8-11(3)9-13(17)10-12/h6-10,16,18H,4-5H2,1-3H3. The van der Waals surface area contributed by atoms with Crippen LogP contribution >= 0.6 is 11.3 Å². The summed E-state index contributed by atoms with van der Waals surface area (Å²) in [6.07, 6.45) is 1.05. The van der Waals surface area contributed by atoms with Crippen LogP contribution in [0.3, 0.4) is 0 Å². The van der Waals surface area contributed by atoms with E-state index in [-0.39, 0.29) is 11.9 Å². The number of halogens is 1. The molecule has 1 atom stereocenters. The highest BCUT2D eigenvalue weighted by Crippen LogP contribution is 2.29. The molecule has 19 heavy (non-hydrogen) atoms. The van der Waals surface area contributed by atoms with Crippen molar-refractivity contribution in [1.29, 1.82) is 0 Å². The first kappa shape index (κ1) is 14.2. The first-order chi connectivity index (χ1) is 9.13. The van der Waals surface area contributed by atoms with Crippen molar-refractivity contribution < 1.29 is 4.39 Å². The fraction of sp³-hybridized carbons (Fsp3) is 0.375. The Hall–Kier alpha value is -1.19. The number of rotatable bonds is 5. The van der Waals surface area contributed by atoms with Crippen LogP contribution in [-0.4, -0.2) is 6.54 Å². The van der Waals surface area contributed by atoms with Crippen LogP contribution in [0.5, 0.6) is 0 Å². The lowest BCUT2D eigenvalue weighted by Crippen LogP contribution is -2.21. The second-order valence-corrected chi connectivity index (χ2v) is 5.91. The van der Waals surface area contributed by atoms with Crippen LogP contribution in [0.1, 0.15) is 40.8 Å². The van der Waals surface area contributed by atoms with Crippen molar-refractivity contribution in [2.24, 2.45) is 0 Å². The molecule has 0 aliphatic carbocycles. The number of aryl methyl sites for hydroxylation is 2. The Balaban J connectivity index is 2.38. The Bertz CT molecular complexity index is 527. The van der Waals surface area contributed by atoms with Gasteiger partial charge in [-0.1, -0.05) is 19.9 Å². The molecule has 102 valence electrons. The van der Waals surface area contributed by atoms with E-state index >= 15 is 0 Å². The Morgan fingerprint density at radius 1 is 1.21 bits per heavy atom. The van der Waals surface area contributed by atoms with Crippen LogP contribution in [-0.2, 0) is 6.42 Å². The molecule has 0 aliphatic rings. The van der Waals surface area contributed by atoms with Crippen LogP contribution in [0.4, 0.5) is 4.39 Å². The minimum atomic E-state index is -0.162. The zero-order chi connectivity index (χ0) is 13.8. The van der Waals surface area contributed by atoms with E-state index in [1.807, 2.05) is 6.92 Å². The molecule has 1 aromatic heterocycles. The summed E-state index contributed by atoms with van der Waals surface area (Å²) in [6.45, 7) is 7.03. The third kappa shape index (κ3) is 3.43. The average Bonchev–Trinajstić information content (AvgIpc) is 2.83. The number of hydrogen-bond acceptors (Lipinski definition) is 2. The second-order valence-electron chi connectivity index (χ2n) is 4.71. The van der Waals surface area contributed by atoms with E-state index in [9.17, 15) is 4.39 Å². The largest absolute Gasteiger partial charge is 0.306 e. The number of benzene rings is 1. The Morgan fingerprint density at radius 3 is 2.58 bits per heavy atom. The summed E-state index contributed by atoms with van der Waals surface area (Å²) >= 11 is 1.80. The van der Waals surface area contributed by atoms with Gasteiger partial charge in [0.15, 0.2) is 0 Å². The summed E-state index contributed by atoms with van der Waals surface area (Å²) in [5.41, 5.74) is 1.97. The summed E-state index contributed by atoms with van der Waals surface area (Å²) in [7, 11) is 0. The molecule has 2 aromatic rings. The van der Waals surface area contributed by atoms with Crippen molar-refractivity contribution in [2.45, 2.75) is 33.2 Å². The lowest BCUT2D eigenvalue weighted by atomic mass is 10.0. The van der Waals surface area contributed by atoms with Gasteiger partial charge >= 0.3 is 0 Å². The van der Waals surface area contributed by atoms with Gasteiger partial charge in [0, 0.05) is 9.75 Å². The van der Waals surface area contributed by atoms with Crippen molar-refractivity contribution in [3.05, 3.63) is 57.0 Å². The van der Waals surface area contributed by atoms with Gasteiger partial charge in [0.2, 0.25) is 0 Å². The zero-order valence-corrected chi connectivity index (χ0v) is 12.5. The van der Waals surface area contributed by atoms with Crippen molar-refractivity contribution in [2.75, 3.05) is 6.54 Å². The molecule has 0 saturated heterocycles. The number of nitrogens with one attached hydrogen (secondary N) is 1. The zero-order valence-electron chi connectivity index (χ0n) is 11.7. The van der Waals surface area contributed by atoms with Crippen molar-refractivity contribution in [1.82, 2.24) is 5.32 Å². The fourth-order valence-corrected chi connectivity index (χ4v) is 3.31. The maximum absolute atomic E-state index is 13.6. The maximum Gasteiger partial charge on any atom is 0.123 e. The van der Waals surface area contributed by atoms with Crippen molar-refractivity contribution in [3.63, 3.8) is 0 Å². The van der Waals surface area contributed by atoms with E-state index in [0.29, 0.717) is 0 Å². The monoisotopic (exact) mass is 277 g/mol. The van der Waals surface area contributed by atoms with Crippen LogP contribution in [0.25, 0.3) is 0 Å². The van der Waals surface area contributed by atoms with Gasteiger partial charge in [0.25, 0.3) is 0 Å². The van der Waals surface area contributed by atoms with E-state index in [0.717, 1.165) is 24.1 Å². The van der Waals surface area contributed by atoms with E-state index in [2.05, 4.69) is 37.4 Å². The molecule has 1 N–H and O–H groups in total. The summed E-state index contributed by atoms with van der Waals surface area (Å²) in [4.78, 5) is 2.62. The Morgan fingerprint density at radius 2 is 2.00 bits per heavy atom. The smallest absolute Gasteiger partial charge is 0.123 e. The quantitative estimate of drug-likeness (QED) is 0.851. The summed E-state index contributed by atoms with van der Waals surface area (Å²) < 4.78 is 13.6. The van der Waals surface area contributed by atoms with Crippen LogP contribution in [0.2, 0.25) is 0 Å². The normalized spacial score (nSPS) is 12.6. The molecule has 0 bridgehead atoms. The van der Waals surface area contributed by atoms with Gasteiger partial charge < -0.3 is 5.32 Å². The van der Waals surface area contributed by atoms with Crippen molar-refractivity contribution >= 4 is 11.3 Å². The molecule has 1 nitrogen and oxygen atoms in total. The van der Waals surface area contributed by atoms with E-state index in [4.69, 9.17) is 0 Å². The molecule has 0 fully saturated rings. The van der Waals surface area contributed by atoms with Gasteiger partial charge in [-0.25, -0.2) is 4.39 Å². The van der Waals surface area contributed by atoms with Gasteiger partial charge in [0.05, 0.1) is 6.04 Å². The molecule has 1 aromatic carbocycles. The lowest BCUT2D eigenvalue weighted by Gasteiger charge is -2.17. The Kier molecular flexibility index (Phi) is 4.72. The molecule has 2 rings (SSSR count). The highest BCUT2D eigenvalue weighted by Gasteiger charge is 2.16. The van der Waals surface area contributed by atoms with Crippen LogP contribution in [0, 0.1) is 12.7 Å². The van der Waals surface area contributed by atoms with Gasteiger partial charge in [-0.15, -0.1) is 11.3 Å². The summed E-state index contributed by atoms with van der Waals surface area (Å²) in [5.74, 6) is -0.162. The molecule has 0 amide bonds. The fourth-order valence-electron chi connectivity index (χ4n) is 2.26. The average molecular weight is 277 g/mol. The molecule has 0 spiro atoms. The SMILES string of the molecule is CCNC(c1cc(C)cc(F)c1)c1ccc(CC)s1. The minimum Gasteiger partial charge on any atom is -0.306 e. The predicted octanol–water partition coefficient (Wildman–Crippen LogP) is 4.46. The highest BCUT2D eigenvalue weighted by atomic mass is 32.1. The van der Waals surface area contributed by atoms with Crippen LogP contribution < -0.4 is 5.32 Å². The summed E-state index contributed by atoms with van der Waals surface area (Å²) in [6, 6.07) is 9.66. The number of hydrogen-bond donors (Lipinski definition) is 1. The first-order valence-electron chi connectivity index (χ1n) is 6.73. The summed E-state index contributed by atoms with van der Waals surface area (Å²) in [5, 5.41) is 3.45. The molecule has 0 radical (unpaired) electrons. The molecular weight excluding hydrogens is 257 g/mol. The van der Waals surface area contributed by atoms with Gasteiger partial charge in [-0.05, 0) is 55.3 Å². The molecular formula is C16H20FNS. The topological polar surface area (TPSA) is 12.0 Å². The third-order valence-corrected chi connectivity index (χ3v) is 4.42. The van der Waals surface area contributed by atoms with Gasteiger partial charge in [-0.3, -0.25) is 0 Å². The lowest BCUT2D eigenvalue weighted by molar-refractivity contribution is 0.605. The minimum absolute atomic E-state index is 0.0877. The van der Waals surface area contributed by atoms with E-state index < -0.39 is 0 Å². The number of thiophene rings is 1. The van der Waals surface area contributed by atoms with Gasteiger partial charge in [0.1, 0.15) is 5.82 Å². The maximum atomic E-state index is 13.6. The third-order valence-electron chi connectivity index (χ3n) is 3.12. The molecule has 1 heterocycles. The van der Waals surface area contributed by atoms with Crippen LogP contribution in [0.15, 0.2) is 30.3 Å². The molecule has 0 saturated carbocycles. The predicted molar refractivity (Wildman–Crippen MR) is 80.4 cm³/mol. The van der Waals surface area contributed by atoms with Crippen molar-refractivity contribution in [3.8, 4) is 0 Å².